The standard InChI is InChI=1S/C10H12F3NO2/c11-10(12,13)7-1-2-8(9(14)5-16)6(3-7)4-15/h1-3,9,15-16H,4-5,14H2/t9-/m1/s1. The fraction of sp³-hybridized carbons (Fsp3) is 0.400. The highest BCUT2D eigenvalue weighted by atomic mass is 19.4. The third-order valence-corrected chi connectivity index (χ3v) is 2.24. The van der Waals surface area contributed by atoms with Gasteiger partial charge < -0.3 is 15.9 Å². The number of nitrogens with two attached hydrogens (primary N) is 1. The van der Waals surface area contributed by atoms with Crippen LogP contribution < -0.4 is 5.73 Å². The zero-order chi connectivity index (χ0) is 12.3. The summed E-state index contributed by atoms with van der Waals surface area (Å²) in [5, 5.41) is 17.8. The van der Waals surface area contributed by atoms with Gasteiger partial charge in [0.15, 0.2) is 0 Å². The number of benzene rings is 1. The van der Waals surface area contributed by atoms with Crippen molar-refractivity contribution in [3.8, 4) is 0 Å². The zero-order valence-electron chi connectivity index (χ0n) is 8.33. The summed E-state index contributed by atoms with van der Waals surface area (Å²) < 4.78 is 37.1. The van der Waals surface area contributed by atoms with E-state index in [-0.39, 0.29) is 5.56 Å². The maximum absolute atomic E-state index is 12.4. The molecular weight excluding hydrogens is 223 g/mol. The van der Waals surface area contributed by atoms with Gasteiger partial charge in [-0.05, 0) is 23.3 Å². The Morgan fingerprint density at radius 1 is 1.25 bits per heavy atom. The Hall–Kier alpha value is -1.11. The molecule has 0 bridgehead atoms. The van der Waals surface area contributed by atoms with Gasteiger partial charge in [0.1, 0.15) is 0 Å². The molecule has 0 aliphatic heterocycles. The summed E-state index contributed by atoms with van der Waals surface area (Å²) in [5.41, 5.74) is 5.04. The molecule has 1 aromatic rings. The highest BCUT2D eigenvalue weighted by Gasteiger charge is 2.31. The number of rotatable bonds is 3. The van der Waals surface area contributed by atoms with E-state index in [1.807, 2.05) is 0 Å². The second-order valence-corrected chi connectivity index (χ2v) is 3.36. The maximum Gasteiger partial charge on any atom is 0.416 e. The minimum atomic E-state index is -4.45. The van der Waals surface area contributed by atoms with Crippen molar-refractivity contribution in [1.29, 1.82) is 0 Å². The zero-order valence-corrected chi connectivity index (χ0v) is 8.33. The van der Waals surface area contributed by atoms with Gasteiger partial charge in [-0.3, -0.25) is 0 Å². The lowest BCUT2D eigenvalue weighted by Gasteiger charge is -2.15. The Morgan fingerprint density at radius 3 is 2.31 bits per heavy atom. The van der Waals surface area contributed by atoms with Crippen molar-refractivity contribution in [2.45, 2.75) is 18.8 Å². The van der Waals surface area contributed by atoms with Gasteiger partial charge in [0.25, 0.3) is 0 Å². The molecule has 0 aliphatic carbocycles. The van der Waals surface area contributed by atoms with Crippen LogP contribution in [0.25, 0.3) is 0 Å². The van der Waals surface area contributed by atoms with Gasteiger partial charge >= 0.3 is 6.18 Å². The maximum atomic E-state index is 12.4. The van der Waals surface area contributed by atoms with Crippen molar-refractivity contribution >= 4 is 0 Å². The van der Waals surface area contributed by atoms with Gasteiger partial charge in [0, 0.05) is 0 Å². The third-order valence-electron chi connectivity index (χ3n) is 2.24. The highest BCUT2D eigenvalue weighted by molar-refractivity contribution is 5.35. The monoisotopic (exact) mass is 235 g/mol. The summed E-state index contributed by atoms with van der Waals surface area (Å²) in [6, 6.07) is 2.11. The molecule has 0 fully saturated rings. The van der Waals surface area contributed by atoms with Crippen LogP contribution in [0.3, 0.4) is 0 Å². The van der Waals surface area contributed by atoms with Crippen LogP contribution in [-0.2, 0) is 12.8 Å². The highest BCUT2D eigenvalue weighted by Crippen LogP contribution is 2.31. The van der Waals surface area contributed by atoms with E-state index in [0.29, 0.717) is 5.56 Å². The molecule has 3 nitrogen and oxygen atoms in total. The molecular formula is C10H12F3NO2. The molecule has 0 radical (unpaired) electrons. The second kappa shape index (κ2) is 4.82. The lowest BCUT2D eigenvalue weighted by molar-refractivity contribution is -0.137. The molecule has 0 aliphatic rings. The van der Waals surface area contributed by atoms with E-state index in [2.05, 4.69) is 0 Å². The summed E-state index contributed by atoms with van der Waals surface area (Å²) in [5.74, 6) is 0. The summed E-state index contributed by atoms with van der Waals surface area (Å²) >= 11 is 0. The lowest BCUT2D eigenvalue weighted by atomic mass is 9.99. The van der Waals surface area contributed by atoms with Crippen LogP contribution in [0.5, 0.6) is 0 Å². The van der Waals surface area contributed by atoms with E-state index < -0.39 is 31.0 Å². The number of aliphatic hydroxyl groups excluding tert-OH is 2. The summed E-state index contributed by atoms with van der Waals surface area (Å²) in [7, 11) is 0. The number of alkyl halides is 3. The second-order valence-electron chi connectivity index (χ2n) is 3.36. The van der Waals surface area contributed by atoms with Crippen LogP contribution in [0.2, 0.25) is 0 Å². The normalized spacial score (nSPS) is 13.9. The van der Waals surface area contributed by atoms with Gasteiger partial charge in [-0.1, -0.05) is 6.07 Å². The molecule has 0 spiro atoms. The van der Waals surface area contributed by atoms with Gasteiger partial charge in [-0.2, -0.15) is 13.2 Å². The predicted molar refractivity (Wildman–Crippen MR) is 51.4 cm³/mol. The quantitative estimate of drug-likeness (QED) is 0.737. The van der Waals surface area contributed by atoms with E-state index in [0.717, 1.165) is 12.1 Å². The summed E-state index contributed by atoms with van der Waals surface area (Å²) in [6.45, 7) is -0.939. The van der Waals surface area contributed by atoms with Gasteiger partial charge in [-0.15, -0.1) is 0 Å². The van der Waals surface area contributed by atoms with Crippen molar-refractivity contribution in [1.82, 2.24) is 0 Å². The molecule has 0 unspecified atom stereocenters. The first-order valence-electron chi connectivity index (χ1n) is 4.57. The SMILES string of the molecule is N[C@H](CO)c1ccc(C(F)(F)F)cc1CO. The van der Waals surface area contributed by atoms with Crippen molar-refractivity contribution < 1.29 is 23.4 Å². The Morgan fingerprint density at radius 2 is 1.88 bits per heavy atom. The van der Waals surface area contributed by atoms with E-state index in [9.17, 15) is 13.2 Å². The van der Waals surface area contributed by atoms with Gasteiger partial charge in [-0.25, -0.2) is 0 Å². The Bertz CT molecular complexity index is 366. The average Bonchev–Trinajstić information content (AvgIpc) is 2.26. The Balaban J connectivity index is 3.17. The minimum Gasteiger partial charge on any atom is -0.394 e. The first-order chi connectivity index (χ1) is 7.40. The van der Waals surface area contributed by atoms with Crippen LogP contribution >= 0.6 is 0 Å². The number of hydrogen-bond acceptors (Lipinski definition) is 3. The molecule has 6 heteroatoms. The molecule has 90 valence electrons. The van der Waals surface area contributed by atoms with E-state index >= 15 is 0 Å². The van der Waals surface area contributed by atoms with Crippen LogP contribution in [-0.4, -0.2) is 16.8 Å². The Labute approximate surface area is 90.3 Å². The largest absolute Gasteiger partial charge is 0.416 e. The number of aliphatic hydroxyl groups is 2. The summed E-state index contributed by atoms with van der Waals surface area (Å²) in [4.78, 5) is 0. The van der Waals surface area contributed by atoms with Gasteiger partial charge in [0.2, 0.25) is 0 Å². The fourth-order valence-corrected chi connectivity index (χ4v) is 1.38. The van der Waals surface area contributed by atoms with Crippen molar-refractivity contribution in [2.75, 3.05) is 6.61 Å². The van der Waals surface area contributed by atoms with E-state index in [4.69, 9.17) is 15.9 Å². The molecule has 16 heavy (non-hydrogen) atoms. The molecule has 0 heterocycles. The number of halogens is 3. The molecule has 1 aromatic carbocycles. The van der Waals surface area contributed by atoms with Gasteiger partial charge in [0.05, 0.1) is 24.8 Å². The number of hydrogen-bond donors (Lipinski definition) is 3. The van der Waals surface area contributed by atoms with Crippen molar-refractivity contribution in [3.05, 3.63) is 34.9 Å². The van der Waals surface area contributed by atoms with Crippen molar-refractivity contribution in [3.63, 3.8) is 0 Å². The van der Waals surface area contributed by atoms with E-state index in [1.54, 1.807) is 0 Å². The Kier molecular flexibility index (Phi) is 3.90. The van der Waals surface area contributed by atoms with Crippen LogP contribution in [0.15, 0.2) is 18.2 Å². The predicted octanol–water partition coefficient (Wildman–Crippen LogP) is 1.19. The third kappa shape index (κ3) is 2.72. The lowest BCUT2D eigenvalue weighted by Crippen LogP contribution is -2.17. The molecule has 0 saturated carbocycles. The first-order valence-corrected chi connectivity index (χ1v) is 4.57. The van der Waals surface area contributed by atoms with Crippen LogP contribution in [0.4, 0.5) is 13.2 Å². The summed E-state index contributed by atoms with van der Waals surface area (Å²) in [6.07, 6.45) is -4.45. The van der Waals surface area contributed by atoms with Crippen LogP contribution in [0, 0.1) is 0 Å². The fourth-order valence-electron chi connectivity index (χ4n) is 1.38. The van der Waals surface area contributed by atoms with Crippen molar-refractivity contribution in [2.24, 2.45) is 5.73 Å². The van der Waals surface area contributed by atoms with Crippen LogP contribution in [0.1, 0.15) is 22.7 Å². The molecule has 0 saturated heterocycles. The smallest absolute Gasteiger partial charge is 0.394 e. The average molecular weight is 235 g/mol. The minimum absolute atomic E-state index is 0.0800. The molecule has 0 amide bonds. The van der Waals surface area contributed by atoms with E-state index in [1.165, 1.54) is 6.07 Å². The molecule has 0 aromatic heterocycles. The first kappa shape index (κ1) is 13.0. The molecule has 1 atom stereocenters. The topological polar surface area (TPSA) is 66.5 Å². The molecule has 4 N–H and O–H groups in total. The molecule has 1 rings (SSSR count).